The Bertz CT molecular complexity index is 879. The van der Waals surface area contributed by atoms with E-state index in [4.69, 9.17) is 0 Å². The van der Waals surface area contributed by atoms with Gasteiger partial charge in [-0.05, 0) is 42.7 Å². The fourth-order valence-corrected chi connectivity index (χ4v) is 3.42. The van der Waals surface area contributed by atoms with Gasteiger partial charge in [-0.2, -0.15) is 5.11 Å². The molecule has 2 amide bonds. The Kier molecular flexibility index (Phi) is 13.2. The highest BCUT2D eigenvalue weighted by Gasteiger charge is 2.06. The van der Waals surface area contributed by atoms with Gasteiger partial charge < -0.3 is 10.6 Å². The summed E-state index contributed by atoms with van der Waals surface area (Å²) in [5.74, 6) is 0.293. The Balaban J connectivity index is 1.72. The highest BCUT2D eigenvalue weighted by Crippen LogP contribution is 2.12. The molecule has 1 aromatic carbocycles. The molecule has 0 unspecified atom stereocenters. The predicted octanol–water partition coefficient (Wildman–Crippen LogP) is 6.38. The van der Waals surface area contributed by atoms with Gasteiger partial charge in [-0.3, -0.25) is 9.59 Å². The summed E-state index contributed by atoms with van der Waals surface area (Å²) in [6.45, 7) is 6.14. The number of benzene rings is 1. The Morgan fingerprint density at radius 1 is 0.735 bits per heavy atom. The molecule has 2 rings (SSSR count). The van der Waals surface area contributed by atoms with E-state index >= 15 is 0 Å². The molecule has 0 fully saturated rings. The van der Waals surface area contributed by atoms with Crippen molar-refractivity contribution in [3.63, 3.8) is 0 Å². The Morgan fingerprint density at radius 2 is 1.29 bits per heavy atom. The summed E-state index contributed by atoms with van der Waals surface area (Å²) in [5.41, 5.74) is 2.12. The van der Waals surface area contributed by atoms with Gasteiger partial charge in [0.2, 0.25) is 0 Å². The smallest absolute Gasteiger partial charge is 0.252 e. The van der Waals surface area contributed by atoms with Crippen LogP contribution in [0.3, 0.4) is 0 Å². The first kappa shape index (κ1) is 27.2. The van der Waals surface area contributed by atoms with Crippen molar-refractivity contribution in [2.24, 2.45) is 10.2 Å². The normalized spacial score (nSPS) is 11.0. The van der Waals surface area contributed by atoms with E-state index in [0.29, 0.717) is 36.6 Å². The van der Waals surface area contributed by atoms with E-state index in [1.54, 1.807) is 12.1 Å². The zero-order valence-corrected chi connectivity index (χ0v) is 20.7. The van der Waals surface area contributed by atoms with Gasteiger partial charge in [0.05, 0.1) is 12.1 Å². The fourth-order valence-electron chi connectivity index (χ4n) is 3.42. The molecule has 0 saturated carbocycles. The van der Waals surface area contributed by atoms with Crippen LogP contribution in [0.4, 0.5) is 5.82 Å². The summed E-state index contributed by atoms with van der Waals surface area (Å²) in [7, 11) is 0. The third-order valence-corrected chi connectivity index (χ3v) is 5.53. The lowest BCUT2D eigenvalue weighted by molar-refractivity contribution is 0.0944. The average Bonchev–Trinajstić information content (AvgIpc) is 2.86. The lowest BCUT2D eigenvalue weighted by Gasteiger charge is -2.05. The number of aromatic nitrogens is 1. The molecule has 7 heteroatoms. The highest BCUT2D eigenvalue weighted by molar-refractivity contribution is 5.94. The van der Waals surface area contributed by atoms with Crippen LogP contribution >= 0.6 is 0 Å². The minimum atomic E-state index is -0.114. The van der Waals surface area contributed by atoms with Crippen molar-refractivity contribution in [1.29, 1.82) is 0 Å². The molecule has 1 aromatic heterocycles. The van der Waals surface area contributed by atoms with Crippen LogP contribution in [0, 0.1) is 0 Å². The van der Waals surface area contributed by atoms with Gasteiger partial charge in [0, 0.05) is 24.8 Å². The Hall–Kier alpha value is -3.09. The Morgan fingerprint density at radius 3 is 1.88 bits per heavy atom. The molecule has 184 valence electrons. The number of unbranched alkanes of at least 4 members (excludes halogenated alkanes) is 7. The first-order valence-corrected chi connectivity index (χ1v) is 12.6. The van der Waals surface area contributed by atoms with E-state index < -0.39 is 0 Å². The summed E-state index contributed by atoms with van der Waals surface area (Å²) in [6, 6.07) is 10.8. The third kappa shape index (κ3) is 10.7. The van der Waals surface area contributed by atoms with E-state index in [0.717, 1.165) is 31.2 Å². The van der Waals surface area contributed by atoms with Crippen LogP contribution in [0.25, 0.3) is 0 Å². The molecule has 0 radical (unpaired) electrons. The molecule has 1 heterocycles. The van der Waals surface area contributed by atoms with Gasteiger partial charge in [-0.1, -0.05) is 70.9 Å². The number of hydrogen-bond acceptors (Lipinski definition) is 5. The topological polar surface area (TPSA) is 95.8 Å². The van der Waals surface area contributed by atoms with Gasteiger partial charge in [0.15, 0.2) is 5.82 Å². The molecule has 0 saturated heterocycles. The molecular formula is C27H39N5O2. The van der Waals surface area contributed by atoms with Gasteiger partial charge in [-0.25, -0.2) is 4.98 Å². The minimum absolute atomic E-state index is 0.0468. The number of nitrogens with zero attached hydrogens (tertiary/aromatic N) is 3. The van der Waals surface area contributed by atoms with Crippen molar-refractivity contribution in [3.05, 3.63) is 59.3 Å². The van der Waals surface area contributed by atoms with Crippen LogP contribution in [-0.4, -0.2) is 29.9 Å². The van der Waals surface area contributed by atoms with E-state index in [1.165, 1.54) is 38.3 Å². The first-order chi connectivity index (χ1) is 16.6. The van der Waals surface area contributed by atoms with Crippen molar-refractivity contribution >= 4 is 17.6 Å². The molecule has 34 heavy (non-hydrogen) atoms. The van der Waals surface area contributed by atoms with E-state index in [-0.39, 0.29) is 11.8 Å². The van der Waals surface area contributed by atoms with Crippen molar-refractivity contribution < 1.29 is 9.59 Å². The number of azo groups is 1. The molecule has 0 bridgehead atoms. The van der Waals surface area contributed by atoms with Crippen LogP contribution < -0.4 is 10.6 Å². The van der Waals surface area contributed by atoms with Crippen molar-refractivity contribution in [2.75, 3.05) is 13.1 Å². The molecule has 0 aliphatic carbocycles. The van der Waals surface area contributed by atoms with Crippen LogP contribution in [0.1, 0.15) is 97.9 Å². The molecule has 2 N–H and O–H groups in total. The standard InChI is InChI=1S/C27H39N5O2/c1-3-5-7-9-11-19-29-27(34)24-16-17-25(30-21-24)32-31-20-22-12-14-23(15-13-22)26(33)28-18-10-8-6-4-2/h12-17,21H,3-11,18-20H2,1-2H3,(H,28,33)(H,29,34). The van der Waals surface area contributed by atoms with Crippen molar-refractivity contribution in [3.8, 4) is 0 Å². The van der Waals surface area contributed by atoms with Crippen LogP contribution in [0.15, 0.2) is 52.8 Å². The fraction of sp³-hybridized carbons (Fsp3) is 0.519. The number of carbonyl (C=O) groups is 2. The highest BCUT2D eigenvalue weighted by atomic mass is 16.2. The van der Waals surface area contributed by atoms with E-state index in [1.807, 2.05) is 24.3 Å². The maximum Gasteiger partial charge on any atom is 0.252 e. The molecule has 0 aliphatic heterocycles. The summed E-state index contributed by atoms with van der Waals surface area (Å²) in [5, 5.41) is 14.2. The summed E-state index contributed by atoms with van der Waals surface area (Å²) < 4.78 is 0. The number of carbonyl (C=O) groups excluding carboxylic acids is 2. The minimum Gasteiger partial charge on any atom is -0.352 e. The predicted molar refractivity (Wildman–Crippen MR) is 136 cm³/mol. The van der Waals surface area contributed by atoms with E-state index in [2.05, 4.69) is 39.7 Å². The van der Waals surface area contributed by atoms with Crippen molar-refractivity contribution in [2.45, 2.75) is 78.2 Å². The zero-order valence-electron chi connectivity index (χ0n) is 20.7. The molecular weight excluding hydrogens is 426 g/mol. The lowest BCUT2D eigenvalue weighted by Crippen LogP contribution is -2.24. The molecule has 0 spiro atoms. The molecule has 0 aliphatic rings. The second-order valence-electron chi connectivity index (χ2n) is 8.49. The third-order valence-electron chi connectivity index (χ3n) is 5.53. The second-order valence-corrected chi connectivity index (χ2v) is 8.49. The van der Waals surface area contributed by atoms with Crippen LogP contribution in [0.2, 0.25) is 0 Å². The first-order valence-electron chi connectivity index (χ1n) is 12.6. The maximum atomic E-state index is 12.2. The van der Waals surface area contributed by atoms with Gasteiger partial charge in [0.1, 0.15) is 0 Å². The number of amides is 2. The lowest BCUT2D eigenvalue weighted by atomic mass is 10.1. The maximum absolute atomic E-state index is 12.2. The largest absolute Gasteiger partial charge is 0.352 e. The molecule has 0 atom stereocenters. The van der Waals surface area contributed by atoms with Gasteiger partial charge in [-0.15, -0.1) is 5.11 Å². The SMILES string of the molecule is CCCCCCCNC(=O)c1ccc(N=NCc2ccc(C(=O)NCCCCCC)cc2)nc1. The number of hydrogen-bond donors (Lipinski definition) is 2. The van der Waals surface area contributed by atoms with Crippen molar-refractivity contribution in [1.82, 2.24) is 15.6 Å². The van der Waals surface area contributed by atoms with Crippen LogP contribution in [-0.2, 0) is 6.54 Å². The Labute approximate surface area is 203 Å². The quantitative estimate of drug-likeness (QED) is 0.222. The second kappa shape index (κ2) is 16.5. The summed E-state index contributed by atoms with van der Waals surface area (Å²) in [4.78, 5) is 28.6. The van der Waals surface area contributed by atoms with Crippen LogP contribution in [0.5, 0.6) is 0 Å². The molecule has 7 nitrogen and oxygen atoms in total. The number of pyridine rings is 1. The number of nitrogens with one attached hydrogen (secondary N) is 2. The van der Waals surface area contributed by atoms with Gasteiger partial charge in [0.25, 0.3) is 11.8 Å². The summed E-state index contributed by atoms with van der Waals surface area (Å²) in [6.07, 6.45) is 11.9. The zero-order chi connectivity index (χ0) is 24.4. The van der Waals surface area contributed by atoms with Gasteiger partial charge >= 0.3 is 0 Å². The summed E-state index contributed by atoms with van der Waals surface area (Å²) >= 11 is 0. The number of rotatable bonds is 16. The molecule has 2 aromatic rings. The average molecular weight is 466 g/mol. The monoisotopic (exact) mass is 465 g/mol. The van der Waals surface area contributed by atoms with E-state index in [9.17, 15) is 9.59 Å².